The minimum atomic E-state index is -1.25. The fourth-order valence-corrected chi connectivity index (χ4v) is 2.90. The molecule has 1 aliphatic heterocycles. The first-order valence-corrected chi connectivity index (χ1v) is 6.22. The standard InChI is InChI=1S/C10H11ClFNOS/c11-8-1-3-10(4-2-8)15(14)13-6-5-9(12)7-13/h1-4,9H,5-7H2/t9-,15?/m1/s1. The first-order valence-electron chi connectivity index (χ1n) is 4.73. The van der Waals surface area contributed by atoms with Crippen molar-refractivity contribution in [3.05, 3.63) is 29.3 Å². The molecule has 5 heteroatoms. The van der Waals surface area contributed by atoms with Gasteiger partial charge in [-0.1, -0.05) is 11.6 Å². The smallest absolute Gasteiger partial charge is 0.127 e. The van der Waals surface area contributed by atoms with Gasteiger partial charge in [-0.3, -0.25) is 0 Å². The number of hydrogen-bond acceptors (Lipinski definition) is 1. The first kappa shape index (κ1) is 11.0. The summed E-state index contributed by atoms with van der Waals surface area (Å²) >= 11 is 5.73. The fourth-order valence-electron chi connectivity index (χ4n) is 1.54. The van der Waals surface area contributed by atoms with Crippen LogP contribution in [0, 0.1) is 0 Å². The van der Waals surface area contributed by atoms with E-state index in [1.807, 2.05) is 0 Å². The molecule has 1 heterocycles. The van der Waals surface area contributed by atoms with Crippen molar-refractivity contribution >= 4 is 22.6 Å². The maximum Gasteiger partial charge on any atom is 0.127 e. The summed E-state index contributed by atoms with van der Waals surface area (Å²) in [7, 11) is -1.25. The van der Waals surface area contributed by atoms with Crippen LogP contribution in [0.15, 0.2) is 29.2 Å². The molecule has 0 amide bonds. The predicted octanol–water partition coefficient (Wildman–Crippen LogP) is 2.41. The summed E-state index contributed by atoms with van der Waals surface area (Å²) in [5.41, 5.74) is 0. The van der Waals surface area contributed by atoms with E-state index in [1.165, 1.54) is 0 Å². The van der Waals surface area contributed by atoms with Gasteiger partial charge in [0, 0.05) is 18.1 Å². The minimum absolute atomic E-state index is 0.259. The van der Waals surface area contributed by atoms with Crippen LogP contribution >= 0.6 is 11.6 Å². The molecule has 0 spiro atoms. The van der Waals surface area contributed by atoms with Crippen LogP contribution in [0.2, 0.25) is 5.02 Å². The fraction of sp³-hybridized carbons (Fsp3) is 0.400. The summed E-state index contributed by atoms with van der Waals surface area (Å²) in [6.45, 7) is 0.811. The van der Waals surface area contributed by atoms with Gasteiger partial charge < -0.3 is 0 Å². The number of hydrogen-bond donors (Lipinski definition) is 0. The maximum atomic E-state index is 12.9. The molecule has 82 valence electrons. The zero-order chi connectivity index (χ0) is 10.8. The van der Waals surface area contributed by atoms with Crippen LogP contribution in [0.4, 0.5) is 4.39 Å². The quantitative estimate of drug-likeness (QED) is 0.786. The number of alkyl halides is 1. The van der Waals surface area contributed by atoms with E-state index in [0.717, 1.165) is 0 Å². The Morgan fingerprint density at radius 3 is 2.60 bits per heavy atom. The molecular formula is C10H11ClFNOS. The topological polar surface area (TPSA) is 20.3 Å². The Morgan fingerprint density at radius 2 is 2.07 bits per heavy atom. The number of benzene rings is 1. The molecule has 1 aromatic carbocycles. The van der Waals surface area contributed by atoms with Crippen LogP contribution in [-0.4, -0.2) is 27.8 Å². The van der Waals surface area contributed by atoms with Gasteiger partial charge in [-0.15, -0.1) is 0 Å². The molecule has 0 radical (unpaired) electrons. The third-order valence-electron chi connectivity index (χ3n) is 2.34. The minimum Gasteiger partial charge on any atom is -0.246 e. The summed E-state index contributed by atoms with van der Waals surface area (Å²) in [4.78, 5) is 0.675. The molecule has 2 atom stereocenters. The third kappa shape index (κ3) is 2.56. The average Bonchev–Trinajstić information content (AvgIpc) is 2.65. The molecule has 0 aromatic heterocycles. The Hall–Kier alpha value is -0.450. The van der Waals surface area contributed by atoms with E-state index in [0.29, 0.717) is 22.9 Å². The van der Waals surface area contributed by atoms with Crippen molar-refractivity contribution in [3.63, 3.8) is 0 Å². The Kier molecular flexibility index (Phi) is 3.38. The van der Waals surface area contributed by atoms with Crippen molar-refractivity contribution in [1.82, 2.24) is 4.31 Å². The number of nitrogens with zero attached hydrogens (tertiary/aromatic N) is 1. The largest absolute Gasteiger partial charge is 0.246 e. The molecule has 1 aromatic rings. The highest BCUT2D eigenvalue weighted by molar-refractivity contribution is 7.82. The molecule has 1 aliphatic rings. The van der Waals surface area contributed by atoms with E-state index in [1.54, 1.807) is 28.6 Å². The summed E-state index contributed by atoms with van der Waals surface area (Å²) < 4.78 is 26.5. The Bertz CT molecular complexity index is 370. The lowest BCUT2D eigenvalue weighted by Crippen LogP contribution is -2.23. The second-order valence-corrected chi connectivity index (χ2v) is 5.40. The first-order chi connectivity index (χ1) is 7.16. The molecular weight excluding hydrogens is 237 g/mol. The van der Waals surface area contributed by atoms with Crippen molar-refractivity contribution in [3.8, 4) is 0 Å². The van der Waals surface area contributed by atoms with Crippen LogP contribution in [0.5, 0.6) is 0 Å². The molecule has 1 unspecified atom stereocenters. The normalized spacial score (nSPS) is 24.3. The van der Waals surface area contributed by atoms with Gasteiger partial charge >= 0.3 is 0 Å². The van der Waals surface area contributed by atoms with E-state index < -0.39 is 17.2 Å². The summed E-state index contributed by atoms with van der Waals surface area (Å²) in [6, 6.07) is 6.81. The van der Waals surface area contributed by atoms with Crippen LogP contribution in [-0.2, 0) is 11.0 Å². The zero-order valence-electron chi connectivity index (χ0n) is 8.03. The molecule has 0 aliphatic carbocycles. The van der Waals surface area contributed by atoms with Gasteiger partial charge in [0.05, 0.1) is 4.90 Å². The zero-order valence-corrected chi connectivity index (χ0v) is 9.60. The van der Waals surface area contributed by atoms with E-state index in [-0.39, 0.29) is 6.54 Å². The highest BCUT2D eigenvalue weighted by Gasteiger charge is 2.26. The van der Waals surface area contributed by atoms with Gasteiger partial charge in [-0.05, 0) is 30.7 Å². The van der Waals surface area contributed by atoms with Crippen molar-refractivity contribution in [1.29, 1.82) is 0 Å². The molecule has 0 saturated carbocycles. The maximum absolute atomic E-state index is 12.9. The lowest BCUT2D eigenvalue weighted by molar-refractivity contribution is 0.347. The molecule has 1 saturated heterocycles. The van der Waals surface area contributed by atoms with Crippen LogP contribution in [0.3, 0.4) is 0 Å². The lowest BCUT2D eigenvalue weighted by atomic mass is 10.4. The van der Waals surface area contributed by atoms with Gasteiger partial charge in [-0.25, -0.2) is 12.9 Å². The molecule has 0 bridgehead atoms. The van der Waals surface area contributed by atoms with Gasteiger partial charge in [0.1, 0.15) is 17.2 Å². The van der Waals surface area contributed by atoms with E-state index >= 15 is 0 Å². The average molecular weight is 248 g/mol. The van der Waals surface area contributed by atoms with Gasteiger partial charge in [-0.2, -0.15) is 0 Å². The van der Waals surface area contributed by atoms with Crippen LogP contribution < -0.4 is 0 Å². The van der Waals surface area contributed by atoms with Crippen molar-refractivity contribution < 1.29 is 8.60 Å². The molecule has 15 heavy (non-hydrogen) atoms. The van der Waals surface area contributed by atoms with Crippen molar-refractivity contribution in [2.75, 3.05) is 13.1 Å². The molecule has 0 N–H and O–H groups in total. The second-order valence-electron chi connectivity index (χ2n) is 3.48. The Labute approximate surface area is 95.6 Å². The SMILES string of the molecule is O=S(c1ccc(Cl)cc1)N1CC[C@@H](F)C1. The summed E-state index contributed by atoms with van der Waals surface area (Å²) in [5, 5.41) is 0.612. The van der Waals surface area contributed by atoms with Crippen molar-refractivity contribution in [2.45, 2.75) is 17.5 Å². The monoisotopic (exact) mass is 247 g/mol. The third-order valence-corrected chi connectivity index (χ3v) is 4.07. The van der Waals surface area contributed by atoms with Gasteiger partial charge in [0.15, 0.2) is 0 Å². The van der Waals surface area contributed by atoms with E-state index in [2.05, 4.69) is 0 Å². The van der Waals surface area contributed by atoms with E-state index in [9.17, 15) is 8.60 Å². The lowest BCUT2D eigenvalue weighted by Gasteiger charge is -2.13. The highest BCUT2D eigenvalue weighted by atomic mass is 35.5. The van der Waals surface area contributed by atoms with Gasteiger partial charge in [0.25, 0.3) is 0 Å². The van der Waals surface area contributed by atoms with Gasteiger partial charge in [0.2, 0.25) is 0 Å². The second kappa shape index (κ2) is 4.60. The molecule has 2 nitrogen and oxygen atoms in total. The molecule has 2 rings (SSSR count). The van der Waals surface area contributed by atoms with Crippen LogP contribution in [0.1, 0.15) is 6.42 Å². The predicted molar refractivity (Wildman–Crippen MR) is 58.9 cm³/mol. The summed E-state index contributed by atoms with van der Waals surface area (Å²) in [6.07, 6.45) is -0.375. The number of halogens is 2. The molecule has 1 fully saturated rings. The van der Waals surface area contributed by atoms with Crippen molar-refractivity contribution in [2.24, 2.45) is 0 Å². The Balaban J connectivity index is 2.11. The van der Waals surface area contributed by atoms with E-state index in [4.69, 9.17) is 11.6 Å². The summed E-state index contributed by atoms with van der Waals surface area (Å²) in [5.74, 6) is 0. The highest BCUT2D eigenvalue weighted by Crippen LogP contribution is 2.20. The number of rotatable bonds is 2. The van der Waals surface area contributed by atoms with Crippen LogP contribution in [0.25, 0.3) is 0 Å². The Morgan fingerprint density at radius 1 is 1.40 bits per heavy atom.